The number of amides is 4. The third kappa shape index (κ3) is 3.54. The Morgan fingerprint density at radius 2 is 1.89 bits per heavy atom. The van der Waals surface area contributed by atoms with Crippen LogP contribution in [-0.2, 0) is 22.6 Å². The predicted molar refractivity (Wildman–Crippen MR) is 100 cm³/mol. The molecule has 1 aromatic carbocycles. The molecule has 4 rings (SSSR count). The molecule has 8 nitrogen and oxygen atoms in total. The second-order valence-electron chi connectivity index (χ2n) is 5.98. The van der Waals surface area contributed by atoms with Crippen molar-refractivity contribution in [1.82, 2.24) is 19.9 Å². The maximum Gasteiger partial charge on any atom is 0.334 e. The number of nitrogens with zero attached hydrogens (tertiary/aromatic N) is 4. The second kappa shape index (κ2) is 7.53. The molecule has 4 amide bonds. The molecule has 1 fully saturated rings. The maximum absolute atomic E-state index is 12.5. The molecule has 28 heavy (non-hydrogen) atoms. The Bertz CT molecular complexity index is 1050. The summed E-state index contributed by atoms with van der Waals surface area (Å²) in [5.74, 6) is -1.43. The van der Waals surface area contributed by atoms with Crippen molar-refractivity contribution < 1.29 is 18.9 Å². The van der Waals surface area contributed by atoms with Gasteiger partial charge >= 0.3 is 17.8 Å². The first-order valence-corrected chi connectivity index (χ1v) is 9.57. The van der Waals surface area contributed by atoms with Crippen molar-refractivity contribution in [1.29, 1.82) is 0 Å². The fraction of sp³-hybridized carbons (Fsp3) is 0.167. The van der Waals surface area contributed by atoms with Crippen molar-refractivity contribution >= 4 is 40.8 Å². The van der Waals surface area contributed by atoms with Crippen LogP contribution in [0.2, 0.25) is 5.02 Å². The summed E-state index contributed by atoms with van der Waals surface area (Å²) in [6.07, 6.45) is 0.496. The van der Waals surface area contributed by atoms with E-state index in [0.29, 0.717) is 17.0 Å². The molecule has 0 N–H and O–H groups in total. The van der Waals surface area contributed by atoms with E-state index in [-0.39, 0.29) is 24.8 Å². The van der Waals surface area contributed by atoms with Crippen molar-refractivity contribution in [2.24, 2.45) is 0 Å². The van der Waals surface area contributed by atoms with Crippen LogP contribution in [0.3, 0.4) is 0 Å². The van der Waals surface area contributed by atoms with Crippen molar-refractivity contribution in [3.63, 3.8) is 0 Å². The first-order chi connectivity index (χ1) is 13.5. The van der Waals surface area contributed by atoms with Crippen LogP contribution in [-0.4, -0.2) is 44.3 Å². The van der Waals surface area contributed by atoms with Crippen LogP contribution in [0.15, 0.2) is 46.3 Å². The van der Waals surface area contributed by atoms with Gasteiger partial charge in [-0.2, -0.15) is 4.98 Å². The first-order valence-electron chi connectivity index (χ1n) is 8.31. The van der Waals surface area contributed by atoms with E-state index in [1.54, 1.807) is 24.3 Å². The molecule has 0 aliphatic carbocycles. The summed E-state index contributed by atoms with van der Waals surface area (Å²) in [4.78, 5) is 43.9. The summed E-state index contributed by atoms with van der Waals surface area (Å²) in [5, 5.41) is 6.26. The summed E-state index contributed by atoms with van der Waals surface area (Å²) in [7, 11) is 0. The SMILES string of the molecule is O=C1C(=O)N(Cc2nc(-c3cccc(Cl)c3)no2)C(=O)N1CCc1cccs1. The molecular weight excluding hydrogens is 404 g/mol. The van der Waals surface area contributed by atoms with Gasteiger partial charge in [0.05, 0.1) is 0 Å². The standard InChI is InChI=1S/C18H13ClN4O4S/c19-12-4-1-3-11(9-12)15-20-14(27-21-15)10-23-17(25)16(24)22(18(23)26)7-6-13-5-2-8-28-13/h1-5,8-9H,6-7,10H2. The van der Waals surface area contributed by atoms with Crippen molar-refractivity contribution in [2.45, 2.75) is 13.0 Å². The lowest BCUT2D eigenvalue weighted by Crippen LogP contribution is -2.34. The smallest absolute Gasteiger partial charge is 0.334 e. The summed E-state index contributed by atoms with van der Waals surface area (Å²) in [5.41, 5.74) is 0.634. The van der Waals surface area contributed by atoms with Crippen LogP contribution >= 0.6 is 22.9 Å². The summed E-state index contributed by atoms with van der Waals surface area (Å²) in [6, 6.07) is 9.98. The van der Waals surface area contributed by atoms with E-state index in [1.807, 2.05) is 17.5 Å². The van der Waals surface area contributed by atoms with Gasteiger partial charge in [0.15, 0.2) is 0 Å². The zero-order valence-corrected chi connectivity index (χ0v) is 15.9. The molecule has 3 heterocycles. The number of urea groups is 1. The fourth-order valence-corrected chi connectivity index (χ4v) is 3.65. The van der Waals surface area contributed by atoms with Crippen LogP contribution < -0.4 is 0 Å². The lowest BCUT2D eigenvalue weighted by molar-refractivity contribution is -0.143. The fourth-order valence-electron chi connectivity index (χ4n) is 2.76. The molecule has 0 radical (unpaired) electrons. The van der Waals surface area contributed by atoms with Crippen molar-refractivity contribution in [2.75, 3.05) is 6.54 Å². The Morgan fingerprint density at radius 1 is 1.07 bits per heavy atom. The highest BCUT2D eigenvalue weighted by Crippen LogP contribution is 2.22. The third-order valence-electron chi connectivity index (χ3n) is 4.14. The van der Waals surface area contributed by atoms with E-state index in [4.69, 9.17) is 16.1 Å². The zero-order valence-electron chi connectivity index (χ0n) is 14.4. The van der Waals surface area contributed by atoms with E-state index in [2.05, 4.69) is 10.1 Å². The largest absolute Gasteiger partial charge is 0.337 e. The lowest BCUT2D eigenvalue weighted by Gasteiger charge is -2.13. The molecule has 0 atom stereocenters. The highest BCUT2D eigenvalue weighted by Gasteiger charge is 2.44. The number of halogens is 1. The molecule has 10 heteroatoms. The topological polar surface area (TPSA) is 96.6 Å². The van der Waals surface area contributed by atoms with Crippen LogP contribution in [0.5, 0.6) is 0 Å². The van der Waals surface area contributed by atoms with Gasteiger partial charge in [-0.05, 0) is 23.6 Å². The molecule has 3 aromatic rings. The zero-order chi connectivity index (χ0) is 19.7. The van der Waals surface area contributed by atoms with E-state index >= 15 is 0 Å². The van der Waals surface area contributed by atoms with Gasteiger partial charge in [0.25, 0.3) is 0 Å². The molecule has 1 aliphatic rings. The third-order valence-corrected chi connectivity index (χ3v) is 5.31. The Hall–Kier alpha value is -3.04. The van der Waals surface area contributed by atoms with Gasteiger partial charge in [0.1, 0.15) is 6.54 Å². The number of thiophene rings is 1. The van der Waals surface area contributed by atoms with Gasteiger partial charge in [-0.15, -0.1) is 11.3 Å². The van der Waals surface area contributed by atoms with E-state index in [0.717, 1.165) is 14.7 Å². The van der Waals surface area contributed by atoms with E-state index in [9.17, 15) is 14.4 Å². The Balaban J connectivity index is 1.46. The van der Waals surface area contributed by atoms with E-state index in [1.165, 1.54) is 11.3 Å². The Labute approximate surface area is 168 Å². The number of rotatable bonds is 6. The molecule has 0 unspecified atom stereocenters. The molecule has 1 saturated heterocycles. The molecule has 2 aromatic heterocycles. The molecular formula is C18H13ClN4O4S. The average Bonchev–Trinajstić information content (AvgIpc) is 3.40. The summed E-state index contributed by atoms with van der Waals surface area (Å²) in [6.45, 7) is -0.134. The second-order valence-corrected chi connectivity index (χ2v) is 7.45. The van der Waals surface area contributed by atoms with Gasteiger partial charge in [-0.1, -0.05) is 35.0 Å². The Kier molecular flexibility index (Phi) is 4.93. The van der Waals surface area contributed by atoms with Crippen LogP contribution in [0.4, 0.5) is 4.79 Å². The molecule has 0 spiro atoms. The van der Waals surface area contributed by atoms with Crippen LogP contribution in [0.1, 0.15) is 10.8 Å². The van der Waals surface area contributed by atoms with Gasteiger partial charge < -0.3 is 4.52 Å². The highest BCUT2D eigenvalue weighted by atomic mass is 35.5. The number of carbonyl (C=O) groups excluding carboxylic acids is 3. The number of benzene rings is 1. The van der Waals surface area contributed by atoms with Gasteiger partial charge in [0.2, 0.25) is 11.7 Å². The molecule has 1 aliphatic heterocycles. The van der Waals surface area contributed by atoms with Crippen molar-refractivity contribution in [3.8, 4) is 11.4 Å². The minimum absolute atomic E-state index is 0.0459. The molecule has 0 bridgehead atoms. The van der Waals surface area contributed by atoms with E-state index < -0.39 is 17.8 Å². The lowest BCUT2D eigenvalue weighted by atomic mass is 10.2. The first kappa shape index (κ1) is 18.3. The molecule has 142 valence electrons. The van der Waals surface area contributed by atoms with Crippen LogP contribution in [0, 0.1) is 0 Å². The average molecular weight is 417 g/mol. The number of aromatic nitrogens is 2. The summed E-state index contributed by atoms with van der Waals surface area (Å²) < 4.78 is 5.13. The summed E-state index contributed by atoms with van der Waals surface area (Å²) >= 11 is 7.47. The minimum Gasteiger partial charge on any atom is -0.337 e. The number of hydrogen-bond acceptors (Lipinski definition) is 7. The van der Waals surface area contributed by atoms with Gasteiger partial charge in [0, 0.05) is 28.4 Å². The number of imide groups is 2. The van der Waals surface area contributed by atoms with Crippen molar-refractivity contribution in [3.05, 3.63) is 57.6 Å². The minimum atomic E-state index is -0.904. The normalized spacial score (nSPS) is 14.4. The van der Waals surface area contributed by atoms with Gasteiger partial charge in [-0.25, -0.2) is 9.69 Å². The van der Waals surface area contributed by atoms with Gasteiger partial charge in [-0.3, -0.25) is 14.5 Å². The number of carbonyl (C=O) groups is 3. The Morgan fingerprint density at radius 3 is 2.64 bits per heavy atom. The predicted octanol–water partition coefficient (Wildman–Crippen LogP) is 2.99. The van der Waals surface area contributed by atoms with Crippen LogP contribution in [0.25, 0.3) is 11.4 Å². The molecule has 0 saturated carbocycles. The highest BCUT2D eigenvalue weighted by molar-refractivity contribution is 7.09. The maximum atomic E-state index is 12.5. The monoisotopic (exact) mass is 416 g/mol. The quantitative estimate of drug-likeness (QED) is 0.452. The number of hydrogen-bond donors (Lipinski definition) is 0.